The number of nitrogens with one attached hydrogen (secondary N) is 2. The van der Waals surface area contributed by atoms with Crippen molar-refractivity contribution in [1.29, 1.82) is 0 Å². The first-order valence-corrected chi connectivity index (χ1v) is 10.3. The fourth-order valence-electron chi connectivity index (χ4n) is 3.83. The van der Waals surface area contributed by atoms with Crippen molar-refractivity contribution in [2.75, 3.05) is 5.32 Å². The van der Waals surface area contributed by atoms with Crippen LogP contribution in [0.2, 0.25) is 0 Å². The molecule has 1 heterocycles. The van der Waals surface area contributed by atoms with Crippen molar-refractivity contribution < 1.29 is 14.5 Å². The molecule has 0 aliphatic heterocycles. The van der Waals surface area contributed by atoms with Gasteiger partial charge in [-0.2, -0.15) is 0 Å². The molecule has 0 unspecified atom stereocenters. The number of aryl methyl sites for hydroxylation is 1. The number of amides is 2. The maximum Gasteiger partial charge on any atom is 0.270 e. The van der Waals surface area contributed by atoms with E-state index in [2.05, 4.69) is 34.3 Å². The SMILES string of the molecule is CCn1c2ccccc2c2cc(NC(=O)[C@H](C)NC(=O)c3cccc([N+](=O)[O-])c3)ccc21. The van der Waals surface area contributed by atoms with Crippen LogP contribution in [0.1, 0.15) is 24.2 Å². The molecule has 0 bridgehead atoms. The molecule has 1 aromatic heterocycles. The Morgan fingerprint density at radius 3 is 2.50 bits per heavy atom. The van der Waals surface area contributed by atoms with Crippen molar-refractivity contribution in [1.82, 2.24) is 9.88 Å². The molecule has 32 heavy (non-hydrogen) atoms. The van der Waals surface area contributed by atoms with Crippen molar-refractivity contribution in [2.45, 2.75) is 26.4 Å². The highest BCUT2D eigenvalue weighted by atomic mass is 16.6. The minimum atomic E-state index is -0.838. The minimum Gasteiger partial charge on any atom is -0.341 e. The third-order valence-corrected chi connectivity index (χ3v) is 5.42. The zero-order chi connectivity index (χ0) is 22.8. The van der Waals surface area contributed by atoms with Gasteiger partial charge < -0.3 is 15.2 Å². The molecule has 0 saturated heterocycles. The highest BCUT2D eigenvalue weighted by molar-refractivity contribution is 6.10. The number of aromatic nitrogens is 1. The Labute approximate surface area is 184 Å². The summed E-state index contributed by atoms with van der Waals surface area (Å²) in [6, 6.07) is 18.4. The fraction of sp³-hybridized carbons (Fsp3) is 0.167. The molecule has 4 aromatic rings. The summed E-state index contributed by atoms with van der Waals surface area (Å²) in [5.41, 5.74) is 2.77. The lowest BCUT2D eigenvalue weighted by Crippen LogP contribution is -2.41. The van der Waals surface area contributed by atoms with Gasteiger partial charge in [0.25, 0.3) is 11.6 Å². The van der Waals surface area contributed by atoms with Crippen LogP contribution in [0, 0.1) is 10.1 Å². The number of fused-ring (bicyclic) bond motifs is 3. The van der Waals surface area contributed by atoms with Crippen LogP contribution in [0.25, 0.3) is 21.8 Å². The lowest BCUT2D eigenvalue weighted by atomic mass is 10.1. The minimum absolute atomic E-state index is 0.118. The summed E-state index contributed by atoms with van der Waals surface area (Å²) in [5.74, 6) is -0.944. The van der Waals surface area contributed by atoms with Crippen molar-refractivity contribution >= 4 is 45.0 Å². The molecule has 0 radical (unpaired) electrons. The van der Waals surface area contributed by atoms with Crippen LogP contribution in [-0.4, -0.2) is 27.3 Å². The Hall–Kier alpha value is -4.20. The summed E-state index contributed by atoms with van der Waals surface area (Å²) in [6.45, 7) is 4.48. The van der Waals surface area contributed by atoms with Gasteiger partial charge >= 0.3 is 0 Å². The third-order valence-electron chi connectivity index (χ3n) is 5.42. The van der Waals surface area contributed by atoms with Gasteiger partial charge in [0, 0.05) is 51.7 Å². The predicted molar refractivity (Wildman–Crippen MR) is 124 cm³/mol. The number of rotatable bonds is 6. The summed E-state index contributed by atoms with van der Waals surface area (Å²) in [6.07, 6.45) is 0. The van der Waals surface area contributed by atoms with Gasteiger partial charge in [0.2, 0.25) is 5.91 Å². The topological polar surface area (TPSA) is 106 Å². The first-order chi connectivity index (χ1) is 15.4. The number of nitrogens with zero attached hydrogens (tertiary/aromatic N) is 2. The van der Waals surface area contributed by atoms with E-state index in [-0.39, 0.29) is 17.2 Å². The number of carbonyl (C=O) groups excluding carboxylic acids is 2. The molecule has 2 N–H and O–H groups in total. The third kappa shape index (κ3) is 3.90. The van der Waals surface area contributed by atoms with Crippen molar-refractivity contribution in [2.24, 2.45) is 0 Å². The van der Waals surface area contributed by atoms with Crippen molar-refractivity contribution in [3.8, 4) is 0 Å². The van der Waals surface area contributed by atoms with Gasteiger partial charge in [-0.15, -0.1) is 0 Å². The molecule has 0 spiro atoms. The van der Waals surface area contributed by atoms with E-state index in [4.69, 9.17) is 0 Å². The van der Waals surface area contributed by atoms with E-state index >= 15 is 0 Å². The summed E-state index contributed by atoms with van der Waals surface area (Å²) in [7, 11) is 0. The number of non-ortho nitro benzene ring substituents is 1. The maximum atomic E-state index is 12.7. The molecule has 4 rings (SSSR count). The standard InChI is InChI=1S/C24H22N4O4/c1-3-27-21-10-5-4-9-19(21)20-14-17(11-12-22(20)27)26-23(29)15(2)25-24(30)16-7-6-8-18(13-16)28(31)32/h4-15H,3H2,1-2H3,(H,25,30)(H,26,29)/t15-/m0/s1. The first kappa shape index (κ1) is 21.0. The van der Waals surface area contributed by atoms with Crippen LogP contribution < -0.4 is 10.6 Å². The number of anilines is 1. The van der Waals surface area contributed by atoms with E-state index in [1.807, 2.05) is 30.3 Å². The van der Waals surface area contributed by atoms with Gasteiger partial charge in [0.1, 0.15) is 6.04 Å². The largest absolute Gasteiger partial charge is 0.341 e. The second-order valence-corrected chi connectivity index (χ2v) is 7.49. The van der Waals surface area contributed by atoms with Crippen molar-refractivity contribution in [3.05, 3.63) is 82.4 Å². The molecule has 1 atom stereocenters. The van der Waals surface area contributed by atoms with Gasteiger partial charge in [-0.05, 0) is 44.2 Å². The van der Waals surface area contributed by atoms with Crippen LogP contribution >= 0.6 is 0 Å². The molecule has 8 heteroatoms. The number of benzene rings is 3. The molecule has 0 aliphatic rings. The van der Waals surface area contributed by atoms with E-state index in [0.717, 1.165) is 28.4 Å². The summed E-state index contributed by atoms with van der Waals surface area (Å²) in [4.78, 5) is 35.4. The fourth-order valence-corrected chi connectivity index (χ4v) is 3.83. The van der Waals surface area contributed by atoms with E-state index < -0.39 is 16.9 Å². The van der Waals surface area contributed by atoms with E-state index in [0.29, 0.717) is 5.69 Å². The van der Waals surface area contributed by atoms with Gasteiger partial charge in [-0.25, -0.2) is 0 Å². The Morgan fingerprint density at radius 1 is 1.00 bits per heavy atom. The summed E-state index contributed by atoms with van der Waals surface area (Å²) >= 11 is 0. The number of carbonyl (C=O) groups is 2. The quantitative estimate of drug-likeness (QED) is 0.347. The lowest BCUT2D eigenvalue weighted by molar-refractivity contribution is -0.384. The molecular formula is C24H22N4O4. The van der Waals surface area contributed by atoms with Crippen molar-refractivity contribution in [3.63, 3.8) is 0 Å². The monoisotopic (exact) mass is 430 g/mol. The van der Waals surface area contributed by atoms with Gasteiger partial charge in [-0.3, -0.25) is 19.7 Å². The second-order valence-electron chi connectivity index (χ2n) is 7.49. The summed E-state index contributed by atoms with van der Waals surface area (Å²) < 4.78 is 2.22. The number of para-hydroxylation sites is 1. The number of hydrogen-bond acceptors (Lipinski definition) is 4. The van der Waals surface area contributed by atoms with Crippen LogP contribution in [0.4, 0.5) is 11.4 Å². The molecule has 162 valence electrons. The zero-order valence-corrected chi connectivity index (χ0v) is 17.7. The number of nitro groups is 1. The number of hydrogen-bond donors (Lipinski definition) is 2. The Morgan fingerprint density at radius 2 is 1.75 bits per heavy atom. The van der Waals surface area contributed by atoms with Gasteiger partial charge in [-0.1, -0.05) is 24.3 Å². The molecule has 0 fully saturated rings. The maximum absolute atomic E-state index is 12.7. The van der Waals surface area contributed by atoms with E-state index in [9.17, 15) is 19.7 Å². The zero-order valence-electron chi connectivity index (χ0n) is 17.7. The molecule has 0 aliphatic carbocycles. The van der Waals surface area contributed by atoms with E-state index in [1.54, 1.807) is 6.92 Å². The first-order valence-electron chi connectivity index (χ1n) is 10.3. The van der Waals surface area contributed by atoms with Gasteiger partial charge in [0.05, 0.1) is 4.92 Å². The Kier molecular flexibility index (Phi) is 5.59. The smallest absolute Gasteiger partial charge is 0.270 e. The summed E-state index contributed by atoms with van der Waals surface area (Å²) in [5, 5.41) is 18.5. The highest BCUT2D eigenvalue weighted by Crippen LogP contribution is 2.31. The van der Waals surface area contributed by atoms with Crippen LogP contribution in [0.15, 0.2) is 66.7 Å². The average molecular weight is 430 g/mol. The molecular weight excluding hydrogens is 408 g/mol. The normalized spacial score (nSPS) is 11.9. The Balaban J connectivity index is 1.52. The van der Waals surface area contributed by atoms with Crippen LogP contribution in [-0.2, 0) is 11.3 Å². The van der Waals surface area contributed by atoms with Crippen LogP contribution in [0.5, 0.6) is 0 Å². The Bertz CT molecular complexity index is 1360. The highest BCUT2D eigenvalue weighted by Gasteiger charge is 2.19. The molecule has 0 saturated carbocycles. The molecule has 2 amide bonds. The number of nitro benzene ring substituents is 1. The van der Waals surface area contributed by atoms with Crippen LogP contribution in [0.3, 0.4) is 0 Å². The second kappa shape index (κ2) is 8.50. The average Bonchev–Trinajstić information content (AvgIpc) is 3.12. The van der Waals surface area contributed by atoms with E-state index in [1.165, 1.54) is 24.3 Å². The molecule has 3 aromatic carbocycles. The predicted octanol–water partition coefficient (Wildman–Crippen LogP) is 4.48. The molecule has 8 nitrogen and oxygen atoms in total. The van der Waals surface area contributed by atoms with Gasteiger partial charge in [0.15, 0.2) is 0 Å². The lowest BCUT2D eigenvalue weighted by Gasteiger charge is -2.14.